The summed E-state index contributed by atoms with van der Waals surface area (Å²) in [4.78, 5) is 13.0. The molecule has 0 saturated heterocycles. The third-order valence-electron chi connectivity index (χ3n) is 6.06. The highest BCUT2D eigenvalue weighted by Gasteiger charge is 2.26. The fourth-order valence-corrected chi connectivity index (χ4v) is 4.78. The van der Waals surface area contributed by atoms with E-state index >= 15 is 0 Å². The Hall–Kier alpha value is -3.43. The van der Waals surface area contributed by atoms with Gasteiger partial charge in [-0.15, -0.1) is 6.42 Å². The lowest BCUT2D eigenvalue weighted by Crippen LogP contribution is -2.41. The van der Waals surface area contributed by atoms with Crippen LogP contribution >= 0.6 is 12.2 Å². The highest BCUT2D eigenvalue weighted by molar-refractivity contribution is 7.80. The van der Waals surface area contributed by atoms with Crippen molar-refractivity contribution < 1.29 is 14.1 Å². The molecule has 1 heterocycles. The topological polar surface area (TPSA) is 54.2 Å². The molecule has 168 valence electrons. The second-order valence-electron chi connectivity index (χ2n) is 8.16. The number of hydrogen-bond donors (Lipinski definition) is 2. The van der Waals surface area contributed by atoms with Crippen LogP contribution in [0.2, 0.25) is 0 Å². The van der Waals surface area contributed by atoms with Crippen molar-refractivity contribution in [3.05, 3.63) is 64.8 Å². The summed E-state index contributed by atoms with van der Waals surface area (Å²) in [7, 11) is 0. The van der Waals surface area contributed by atoms with Crippen molar-refractivity contribution in [2.45, 2.75) is 46.1 Å². The fourth-order valence-electron chi connectivity index (χ4n) is 4.55. The van der Waals surface area contributed by atoms with Crippen LogP contribution in [-0.4, -0.2) is 17.7 Å². The van der Waals surface area contributed by atoms with Gasteiger partial charge in [-0.3, -0.25) is 4.79 Å². The highest BCUT2D eigenvalue weighted by Crippen LogP contribution is 2.29. The molecule has 0 radical (unpaired) electrons. The Bertz CT molecular complexity index is 1280. The molecule has 0 saturated carbocycles. The molecule has 4 rings (SSSR count). The number of nitrogens with zero attached hydrogens (tertiary/aromatic N) is 1. The lowest BCUT2D eigenvalue weighted by molar-refractivity contribution is -0.667. The molecule has 2 aromatic carbocycles. The Labute approximate surface area is 200 Å². The Morgan fingerprint density at radius 2 is 1.94 bits per heavy atom. The molecule has 0 fully saturated rings. The van der Waals surface area contributed by atoms with Gasteiger partial charge in [0.25, 0.3) is 11.1 Å². The minimum absolute atomic E-state index is 0.188. The van der Waals surface area contributed by atoms with Crippen LogP contribution in [0.3, 0.4) is 0 Å². The summed E-state index contributed by atoms with van der Waals surface area (Å²) in [6.45, 7) is 5.08. The van der Waals surface area contributed by atoms with Crippen molar-refractivity contribution >= 4 is 45.6 Å². The first-order valence-corrected chi connectivity index (χ1v) is 11.7. The zero-order valence-electron chi connectivity index (χ0n) is 19.0. The zero-order valence-corrected chi connectivity index (χ0v) is 19.8. The van der Waals surface area contributed by atoms with E-state index < -0.39 is 0 Å². The number of thiocarbonyl (C=S) groups is 1. The van der Waals surface area contributed by atoms with Gasteiger partial charge in [-0.1, -0.05) is 6.07 Å². The van der Waals surface area contributed by atoms with Crippen LogP contribution in [0.15, 0.2) is 42.5 Å². The number of terminal acetylenes is 1. The van der Waals surface area contributed by atoms with Gasteiger partial charge >= 0.3 is 0 Å². The van der Waals surface area contributed by atoms with E-state index in [-0.39, 0.29) is 11.1 Å². The lowest BCUT2D eigenvalue weighted by Gasteiger charge is -2.19. The molecule has 0 bridgehead atoms. The number of rotatable bonds is 5. The van der Waals surface area contributed by atoms with Crippen LogP contribution in [0.5, 0.6) is 0 Å². The number of pyridine rings is 1. The van der Waals surface area contributed by atoms with E-state index in [1.54, 1.807) is 12.1 Å². The minimum atomic E-state index is -0.188. The molecule has 1 aromatic heterocycles. The number of aryl methyl sites for hydroxylation is 1. The second kappa shape index (κ2) is 10.0. The van der Waals surface area contributed by atoms with Gasteiger partial charge in [0.15, 0.2) is 5.69 Å². The van der Waals surface area contributed by atoms with E-state index in [0.717, 1.165) is 29.4 Å². The summed E-state index contributed by atoms with van der Waals surface area (Å²) >= 11 is 5.13. The van der Waals surface area contributed by atoms with Gasteiger partial charge in [-0.05, 0) is 87.1 Å². The predicted octanol–water partition coefficient (Wildman–Crippen LogP) is 4.93. The summed E-state index contributed by atoms with van der Waals surface area (Å²) in [5.74, 6) is 2.62. The summed E-state index contributed by atoms with van der Waals surface area (Å²) in [6, 6.07) is 13.2. The third kappa shape index (κ3) is 4.84. The van der Waals surface area contributed by atoms with E-state index in [0.29, 0.717) is 24.4 Å². The van der Waals surface area contributed by atoms with E-state index in [9.17, 15) is 4.79 Å². The molecule has 5 nitrogen and oxygen atoms in total. The summed E-state index contributed by atoms with van der Waals surface area (Å²) in [5.41, 5.74) is 7.13. The Morgan fingerprint density at radius 3 is 2.73 bits per heavy atom. The average Bonchev–Trinajstić information content (AvgIpc) is 2.82. The molecule has 2 N–H and O–H groups in total. The maximum atomic E-state index is 13.0. The van der Waals surface area contributed by atoms with Crippen molar-refractivity contribution in [1.82, 2.24) is 0 Å². The number of aromatic nitrogens is 1. The molecule has 1 aliphatic carbocycles. The maximum Gasteiger partial charge on any atom is 0.261 e. The number of ether oxygens (including phenoxy) is 1. The van der Waals surface area contributed by atoms with E-state index in [1.807, 2.05) is 25.1 Å². The van der Waals surface area contributed by atoms with E-state index in [4.69, 9.17) is 23.4 Å². The first-order chi connectivity index (χ1) is 16.0. The number of nitrogens with one attached hydrogen (secondary N) is 2. The molecule has 0 atom stereocenters. The van der Waals surface area contributed by atoms with Crippen LogP contribution < -0.4 is 15.2 Å². The molecule has 1 aliphatic rings. The van der Waals surface area contributed by atoms with Gasteiger partial charge in [0.2, 0.25) is 12.1 Å². The maximum absolute atomic E-state index is 13.0. The minimum Gasteiger partial charge on any atom is -0.471 e. The summed E-state index contributed by atoms with van der Waals surface area (Å²) < 4.78 is 7.53. The lowest BCUT2D eigenvalue weighted by atomic mass is 9.89. The first kappa shape index (κ1) is 22.8. The fraction of sp³-hybridized carbons (Fsp3) is 0.296. The number of amides is 1. The molecule has 1 amide bonds. The molecule has 33 heavy (non-hydrogen) atoms. The van der Waals surface area contributed by atoms with Crippen molar-refractivity contribution in [3.8, 4) is 12.3 Å². The van der Waals surface area contributed by atoms with E-state index in [2.05, 4.69) is 40.2 Å². The molecule has 6 heteroatoms. The van der Waals surface area contributed by atoms with Gasteiger partial charge in [0.05, 0.1) is 12.0 Å². The van der Waals surface area contributed by atoms with Crippen molar-refractivity contribution in [3.63, 3.8) is 0 Å². The zero-order chi connectivity index (χ0) is 23.4. The normalized spacial score (nSPS) is 12.5. The molecule has 0 spiro atoms. The monoisotopic (exact) mass is 458 g/mol. The van der Waals surface area contributed by atoms with Crippen LogP contribution in [0.25, 0.3) is 10.9 Å². The number of carbonyl (C=O) groups excluding carboxylic acids is 1. The number of benzene rings is 2. The smallest absolute Gasteiger partial charge is 0.261 e. The van der Waals surface area contributed by atoms with Crippen LogP contribution in [0.1, 0.15) is 46.9 Å². The van der Waals surface area contributed by atoms with Crippen LogP contribution in [0, 0.1) is 19.3 Å². The van der Waals surface area contributed by atoms with Gasteiger partial charge in [0.1, 0.15) is 0 Å². The largest absolute Gasteiger partial charge is 0.471 e. The number of hydrogen-bond acceptors (Lipinski definition) is 3. The van der Waals surface area contributed by atoms with Crippen LogP contribution in [0.4, 0.5) is 11.4 Å². The average molecular weight is 459 g/mol. The van der Waals surface area contributed by atoms with Gasteiger partial charge in [-0.25, -0.2) is 0 Å². The van der Waals surface area contributed by atoms with Crippen molar-refractivity contribution in [2.24, 2.45) is 0 Å². The molecular formula is C27H28N3O2S+. The number of carbonyl (C=O) groups is 1. The first-order valence-electron chi connectivity index (χ1n) is 11.3. The molecular weight excluding hydrogens is 430 g/mol. The van der Waals surface area contributed by atoms with Crippen molar-refractivity contribution in [1.29, 1.82) is 0 Å². The standard InChI is InChI=1S/C27H27N3O2S/c1-4-15-30-24-12-7-6-11-22(24)18(3)23-17-21(13-14-25(23)30)28-26(31)19-9-8-10-20(16-19)29-27(33)32-5-2/h1,8-10,13-14,16-17H,5-7,11-12,15H2,2-3H3,(H-,28,29,31,33)/p+1. The van der Waals surface area contributed by atoms with Crippen LogP contribution in [-0.2, 0) is 24.1 Å². The molecule has 0 aliphatic heterocycles. The van der Waals surface area contributed by atoms with Gasteiger partial charge < -0.3 is 15.4 Å². The Kier molecular flexibility index (Phi) is 6.90. The van der Waals surface area contributed by atoms with E-state index in [1.165, 1.54) is 29.7 Å². The van der Waals surface area contributed by atoms with Gasteiger partial charge in [0, 0.05) is 35.0 Å². The number of fused-ring (bicyclic) bond motifs is 2. The number of anilines is 2. The summed E-state index contributed by atoms with van der Waals surface area (Å²) in [6.07, 6.45) is 10.2. The summed E-state index contributed by atoms with van der Waals surface area (Å²) in [5, 5.41) is 7.43. The quantitative estimate of drug-likeness (QED) is 0.323. The molecule has 3 aromatic rings. The Balaban J connectivity index is 1.63. The third-order valence-corrected chi connectivity index (χ3v) is 6.28. The highest BCUT2D eigenvalue weighted by atomic mass is 32.1. The molecule has 0 unspecified atom stereocenters. The second-order valence-corrected chi connectivity index (χ2v) is 8.53. The van der Waals surface area contributed by atoms with Crippen molar-refractivity contribution in [2.75, 3.05) is 17.2 Å². The SMILES string of the molecule is C#CC[n+]1c2c(c(C)c3cc(NC(=O)c4cccc(NC(=S)OCC)c4)ccc31)CCCC2. The predicted molar refractivity (Wildman–Crippen MR) is 137 cm³/mol. The Morgan fingerprint density at radius 1 is 1.15 bits per heavy atom. The van der Waals surface area contributed by atoms with Gasteiger partial charge in [-0.2, -0.15) is 4.57 Å².